The van der Waals surface area contributed by atoms with Crippen LogP contribution in [-0.4, -0.2) is 50.4 Å². The van der Waals surface area contributed by atoms with Crippen LogP contribution in [-0.2, 0) is 26.2 Å². The fraction of sp³-hybridized carbons (Fsp3) is 0.333. The number of carbonyl (C=O) groups is 2. The molecule has 0 heterocycles. The molecular weight excluding hydrogens is 550 g/mol. The molecule has 3 rings (SSSR count). The van der Waals surface area contributed by atoms with Gasteiger partial charge >= 0.3 is 0 Å². The number of halogens is 1. The van der Waals surface area contributed by atoms with Crippen molar-refractivity contribution >= 4 is 39.1 Å². The molecule has 0 aromatic heterocycles. The molecule has 2 amide bonds. The maximum Gasteiger partial charge on any atom is 0.264 e. The van der Waals surface area contributed by atoms with Gasteiger partial charge in [-0.1, -0.05) is 48.0 Å². The van der Waals surface area contributed by atoms with Crippen LogP contribution in [0.5, 0.6) is 5.75 Å². The number of hydrogen-bond donors (Lipinski definition) is 1. The Balaban J connectivity index is 2.08. The summed E-state index contributed by atoms with van der Waals surface area (Å²) in [5.74, 6) is -0.321. The number of nitrogens with zero attached hydrogens (tertiary/aromatic N) is 2. The number of anilines is 1. The Morgan fingerprint density at radius 2 is 1.68 bits per heavy atom. The fourth-order valence-electron chi connectivity index (χ4n) is 4.11. The number of carbonyl (C=O) groups excluding carboxylic acids is 2. The lowest BCUT2D eigenvalue weighted by atomic mass is 10.1. The lowest BCUT2D eigenvalue weighted by Crippen LogP contribution is -2.54. The van der Waals surface area contributed by atoms with Gasteiger partial charge in [0, 0.05) is 17.1 Å². The zero-order chi connectivity index (χ0) is 29.7. The molecule has 0 spiro atoms. The van der Waals surface area contributed by atoms with Gasteiger partial charge < -0.3 is 15.0 Å². The highest BCUT2D eigenvalue weighted by atomic mass is 35.5. The largest absolute Gasteiger partial charge is 0.497 e. The van der Waals surface area contributed by atoms with Crippen molar-refractivity contribution < 1.29 is 22.7 Å². The highest BCUT2D eigenvalue weighted by Gasteiger charge is 2.34. The molecule has 3 aromatic rings. The average molecular weight is 586 g/mol. The summed E-state index contributed by atoms with van der Waals surface area (Å²) in [6.07, 6.45) is 0. The summed E-state index contributed by atoms with van der Waals surface area (Å²) < 4.78 is 34.2. The molecule has 214 valence electrons. The van der Waals surface area contributed by atoms with Crippen molar-refractivity contribution in [3.8, 4) is 5.75 Å². The van der Waals surface area contributed by atoms with Crippen molar-refractivity contribution in [3.63, 3.8) is 0 Å². The molecule has 0 fully saturated rings. The highest BCUT2D eigenvalue weighted by molar-refractivity contribution is 7.92. The third-order valence-corrected chi connectivity index (χ3v) is 8.21. The molecule has 0 aliphatic rings. The van der Waals surface area contributed by atoms with Gasteiger partial charge in [-0.25, -0.2) is 8.42 Å². The minimum absolute atomic E-state index is 0.0278. The summed E-state index contributed by atoms with van der Waals surface area (Å²) in [6, 6.07) is 19.0. The van der Waals surface area contributed by atoms with E-state index in [0.29, 0.717) is 16.3 Å². The zero-order valence-corrected chi connectivity index (χ0v) is 25.2. The number of benzene rings is 3. The number of aryl methyl sites for hydroxylation is 1. The summed E-state index contributed by atoms with van der Waals surface area (Å²) in [5, 5.41) is 3.24. The monoisotopic (exact) mass is 585 g/mol. The quantitative estimate of drug-likeness (QED) is 0.353. The summed E-state index contributed by atoms with van der Waals surface area (Å²) in [5.41, 5.74) is 1.09. The predicted octanol–water partition coefficient (Wildman–Crippen LogP) is 5.18. The van der Waals surface area contributed by atoms with E-state index in [0.717, 1.165) is 9.87 Å². The van der Waals surface area contributed by atoms with Crippen molar-refractivity contribution in [2.24, 2.45) is 0 Å². The molecule has 0 aliphatic heterocycles. The molecule has 8 nitrogen and oxygen atoms in total. The zero-order valence-electron chi connectivity index (χ0n) is 23.6. The minimum Gasteiger partial charge on any atom is -0.497 e. The first kappa shape index (κ1) is 31.0. The first-order valence-corrected chi connectivity index (χ1v) is 14.6. The Morgan fingerprint density at radius 3 is 2.30 bits per heavy atom. The van der Waals surface area contributed by atoms with E-state index in [1.807, 2.05) is 26.8 Å². The number of ether oxygens (including phenoxy) is 1. The fourth-order valence-corrected chi connectivity index (χ4v) is 5.77. The van der Waals surface area contributed by atoms with E-state index in [1.165, 1.54) is 23.1 Å². The molecule has 0 bridgehead atoms. The van der Waals surface area contributed by atoms with Crippen LogP contribution in [0.3, 0.4) is 0 Å². The Labute approximate surface area is 241 Å². The normalized spacial score (nSPS) is 12.4. The van der Waals surface area contributed by atoms with Gasteiger partial charge in [0.05, 0.1) is 17.7 Å². The summed E-state index contributed by atoms with van der Waals surface area (Å²) >= 11 is 6.26. The van der Waals surface area contributed by atoms with Crippen LogP contribution in [0.25, 0.3) is 0 Å². The SMILES string of the molecule is COc1cccc(CN(C(=O)CN(c2cc(Cl)ccc2C)S(=O)(=O)c2ccccc2)[C@@H](C)C(=O)NC(C)(C)C)c1. The molecule has 0 aliphatic carbocycles. The molecular formula is C30H36ClN3O5S. The van der Waals surface area contributed by atoms with Gasteiger partial charge in [-0.15, -0.1) is 0 Å². The standard InChI is InChI=1S/C30H36ClN3O5S/c1-21-15-16-24(31)18-27(21)34(40(37,38)26-13-8-7-9-14-26)20-28(35)33(22(2)29(36)32-30(3,4)5)19-23-11-10-12-25(17-23)39-6/h7-18,22H,19-20H2,1-6H3,(H,32,36)/t22-/m0/s1. The van der Waals surface area contributed by atoms with E-state index in [-0.39, 0.29) is 23.0 Å². The summed E-state index contributed by atoms with van der Waals surface area (Å²) in [7, 11) is -2.63. The van der Waals surface area contributed by atoms with Gasteiger partial charge in [-0.2, -0.15) is 0 Å². The van der Waals surface area contributed by atoms with Gasteiger partial charge in [-0.3, -0.25) is 13.9 Å². The molecule has 1 atom stereocenters. The minimum atomic E-state index is -4.17. The number of amides is 2. The van der Waals surface area contributed by atoms with E-state index < -0.39 is 34.1 Å². The van der Waals surface area contributed by atoms with Crippen LogP contribution in [0.2, 0.25) is 5.02 Å². The van der Waals surface area contributed by atoms with Crippen LogP contribution in [0.4, 0.5) is 5.69 Å². The number of rotatable bonds is 10. The van der Waals surface area contributed by atoms with Gasteiger partial charge in [0.1, 0.15) is 18.3 Å². The molecule has 40 heavy (non-hydrogen) atoms. The van der Waals surface area contributed by atoms with Gasteiger partial charge in [0.25, 0.3) is 10.0 Å². The third kappa shape index (κ3) is 7.76. The highest BCUT2D eigenvalue weighted by Crippen LogP contribution is 2.30. The second kappa shape index (κ2) is 12.7. The van der Waals surface area contributed by atoms with Crippen LogP contribution >= 0.6 is 11.6 Å². The Hall–Kier alpha value is -3.56. The van der Waals surface area contributed by atoms with Crippen LogP contribution < -0.4 is 14.4 Å². The van der Waals surface area contributed by atoms with Crippen LogP contribution in [0.15, 0.2) is 77.7 Å². The summed E-state index contributed by atoms with van der Waals surface area (Å²) in [4.78, 5) is 28.7. The number of methoxy groups -OCH3 is 1. The smallest absolute Gasteiger partial charge is 0.264 e. The van der Waals surface area contributed by atoms with Crippen molar-refractivity contribution in [2.75, 3.05) is 18.0 Å². The Morgan fingerprint density at radius 1 is 1.00 bits per heavy atom. The molecule has 1 N–H and O–H groups in total. The van der Waals surface area contributed by atoms with Crippen LogP contribution in [0.1, 0.15) is 38.8 Å². The van der Waals surface area contributed by atoms with E-state index in [1.54, 1.807) is 69.5 Å². The van der Waals surface area contributed by atoms with Gasteiger partial charge in [0.2, 0.25) is 11.8 Å². The number of hydrogen-bond acceptors (Lipinski definition) is 5. The number of sulfonamides is 1. The second-order valence-electron chi connectivity index (χ2n) is 10.5. The third-order valence-electron chi connectivity index (χ3n) is 6.20. The second-order valence-corrected chi connectivity index (χ2v) is 12.8. The average Bonchev–Trinajstić information content (AvgIpc) is 2.91. The van der Waals surface area contributed by atoms with E-state index in [4.69, 9.17) is 16.3 Å². The topological polar surface area (TPSA) is 96.0 Å². The van der Waals surface area contributed by atoms with Crippen molar-refractivity contribution in [3.05, 3.63) is 88.9 Å². The molecule has 10 heteroatoms. The molecule has 0 unspecified atom stereocenters. The van der Waals surface area contributed by atoms with Gasteiger partial charge in [0.15, 0.2) is 0 Å². The predicted molar refractivity (Wildman–Crippen MR) is 158 cm³/mol. The van der Waals surface area contributed by atoms with E-state index in [9.17, 15) is 18.0 Å². The number of nitrogens with one attached hydrogen (secondary N) is 1. The van der Waals surface area contributed by atoms with Crippen molar-refractivity contribution in [2.45, 2.75) is 57.6 Å². The van der Waals surface area contributed by atoms with Crippen molar-refractivity contribution in [1.82, 2.24) is 10.2 Å². The van der Waals surface area contributed by atoms with Gasteiger partial charge in [-0.05, 0) is 82.1 Å². The molecule has 0 saturated carbocycles. The lowest BCUT2D eigenvalue weighted by molar-refractivity contribution is -0.140. The van der Waals surface area contributed by atoms with Crippen molar-refractivity contribution in [1.29, 1.82) is 0 Å². The summed E-state index contributed by atoms with van der Waals surface area (Å²) in [6.45, 7) is 8.43. The lowest BCUT2D eigenvalue weighted by Gasteiger charge is -2.34. The maximum absolute atomic E-state index is 14.0. The van der Waals surface area contributed by atoms with E-state index in [2.05, 4.69) is 5.32 Å². The first-order chi connectivity index (χ1) is 18.7. The Bertz CT molecular complexity index is 1460. The Kier molecular flexibility index (Phi) is 9.87. The van der Waals surface area contributed by atoms with E-state index >= 15 is 0 Å². The van der Waals surface area contributed by atoms with Crippen LogP contribution in [0, 0.1) is 6.92 Å². The molecule has 0 radical (unpaired) electrons. The molecule has 3 aromatic carbocycles. The first-order valence-electron chi connectivity index (χ1n) is 12.8. The molecule has 0 saturated heterocycles. The maximum atomic E-state index is 14.0.